The van der Waals surface area contributed by atoms with Crippen molar-refractivity contribution in [3.63, 3.8) is 0 Å². The molecule has 42 nitrogen and oxygen atoms in total. The van der Waals surface area contributed by atoms with E-state index in [9.17, 15) is 129 Å². The van der Waals surface area contributed by atoms with Gasteiger partial charge in [-0.05, 0) is 0 Å². The van der Waals surface area contributed by atoms with Crippen LogP contribution in [0.3, 0.4) is 0 Å². The molecule has 7 fully saturated rings. The number of carboxylic acids is 1. The van der Waals surface area contributed by atoms with Gasteiger partial charge in [0, 0.05) is 13.8 Å². The number of carbonyl (C=O) groups excluding carboxylic acids is 2. The second-order valence-electron chi connectivity index (χ2n) is 21.6. The van der Waals surface area contributed by atoms with Crippen LogP contribution in [0.25, 0.3) is 0 Å². The summed E-state index contributed by atoms with van der Waals surface area (Å²) >= 11 is 0. The molecule has 0 unspecified atom stereocenters. The van der Waals surface area contributed by atoms with Gasteiger partial charge in [-0.25, -0.2) is 8.98 Å². The van der Waals surface area contributed by atoms with E-state index in [2.05, 4.69) is 14.8 Å². The fourth-order valence-electron chi connectivity index (χ4n) is 11.0. The first-order chi connectivity index (χ1) is 41.8. The number of aliphatic hydroxyl groups is 19. The van der Waals surface area contributed by atoms with Gasteiger partial charge in [-0.15, -0.1) is 0 Å². The molecule has 35 atom stereocenters. The van der Waals surface area contributed by atoms with Crippen LogP contribution in [-0.4, -0.2) is 387 Å². The van der Waals surface area contributed by atoms with Crippen molar-refractivity contribution in [3.8, 4) is 0 Å². The highest BCUT2D eigenvalue weighted by Crippen LogP contribution is 2.38. The third-order valence-corrected chi connectivity index (χ3v) is 16.0. The minimum atomic E-state index is -5.54. The van der Waals surface area contributed by atoms with Gasteiger partial charge in [0.25, 0.3) is 0 Å². The highest BCUT2D eigenvalue weighted by atomic mass is 32.3. The third-order valence-electron chi connectivity index (χ3n) is 15.5. The molecule has 0 saturated carbocycles. The molecule has 7 heterocycles. The zero-order valence-electron chi connectivity index (χ0n) is 46.5. The van der Waals surface area contributed by atoms with Gasteiger partial charge >= 0.3 is 16.4 Å². The van der Waals surface area contributed by atoms with E-state index in [4.69, 9.17) is 61.6 Å². The standard InChI is InChI=1S/C46H76N2O40S/c1-9(55)47-17-22(60)31(15(7-53)79-42(17)85-35-20(58)12(4-50)78-45(28(35)66)83-33-14(6-52)75-40(71)25(63)24(33)62)81-43-27(65)34(19(57)11(3-49)76-43)84-41-18(48-10(2)56)23(61)32(16(8-54)80-41)82-44-29(67)36(21(59)13(5-51)77-44)86-46-30(68)37(88-89(72,73)74)26(64)38(87-46)39(69)70/h11-38,40-46,49-54,57-68,71H,3-8H2,1-2H3,(H,47,55)(H,48,56)(H,69,70)(H,72,73,74)/t11-,12-,13-,14-,15-,16-,17-,18-,19+,20+,21+,22-,23-,24-,25-,26+,27-,28-,29-,30-,31-,32-,33-,34+,35+,36+,37+,38+,40-,41+,42+,43+,44+,45+,46-/m1/s1. The van der Waals surface area contributed by atoms with E-state index in [-0.39, 0.29) is 0 Å². The summed E-state index contributed by atoms with van der Waals surface area (Å²) in [5, 5.41) is 221. The molecule has 0 aromatic carbocycles. The number of hydrogen-bond donors (Lipinski definition) is 23. The average molecular weight is 1330 g/mol. The van der Waals surface area contributed by atoms with Gasteiger partial charge in [0.05, 0.1) is 39.6 Å². The Hall–Kier alpha value is -3.00. The fourth-order valence-corrected chi connectivity index (χ4v) is 11.5. The van der Waals surface area contributed by atoms with E-state index in [1.807, 2.05) is 0 Å². The van der Waals surface area contributed by atoms with Crippen molar-refractivity contribution in [2.24, 2.45) is 0 Å². The van der Waals surface area contributed by atoms with Crippen molar-refractivity contribution in [2.75, 3.05) is 39.6 Å². The van der Waals surface area contributed by atoms with E-state index < -0.39 is 283 Å². The number of carboxylic acid groups (broad SMARTS) is 1. The Morgan fingerprint density at radius 3 is 0.978 bits per heavy atom. The molecule has 7 rings (SSSR count). The van der Waals surface area contributed by atoms with Crippen LogP contribution in [0.1, 0.15) is 13.8 Å². The zero-order chi connectivity index (χ0) is 66.0. The first-order valence-corrected chi connectivity index (χ1v) is 28.7. The summed E-state index contributed by atoms with van der Waals surface area (Å²) in [5.41, 5.74) is 0. The molecule has 0 radical (unpaired) electrons. The smallest absolute Gasteiger partial charge is 0.397 e. The summed E-state index contributed by atoms with van der Waals surface area (Å²) in [7, 11) is -5.54. The number of ether oxygens (including phenoxy) is 13. The second-order valence-corrected chi connectivity index (χ2v) is 22.6. The summed E-state index contributed by atoms with van der Waals surface area (Å²) < 4.78 is 110. The van der Waals surface area contributed by atoms with Gasteiger partial charge < -0.3 is 174 Å². The summed E-state index contributed by atoms with van der Waals surface area (Å²) in [6.07, 6.45) is -69.7. The Bertz CT molecular complexity index is 2410. The number of aliphatic hydroxyl groups excluding tert-OH is 19. The van der Waals surface area contributed by atoms with E-state index >= 15 is 0 Å². The molecule has 0 aromatic heterocycles. The van der Waals surface area contributed by atoms with Gasteiger partial charge in [-0.3, -0.25) is 14.1 Å². The van der Waals surface area contributed by atoms with Crippen molar-refractivity contribution >= 4 is 28.2 Å². The summed E-state index contributed by atoms with van der Waals surface area (Å²) in [4.78, 5) is 37.3. The first kappa shape index (κ1) is 73.4. The Balaban J connectivity index is 1.08. The maximum absolute atomic E-state index is 12.7. The molecule has 23 N–H and O–H groups in total. The van der Waals surface area contributed by atoms with Gasteiger partial charge in [0.1, 0.15) is 165 Å². The topological polar surface area (TPSA) is 663 Å². The van der Waals surface area contributed by atoms with Gasteiger partial charge in [0.2, 0.25) is 11.8 Å². The Kier molecular flexibility index (Phi) is 25.6. The lowest BCUT2D eigenvalue weighted by Crippen LogP contribution is -2.71. The maximum atomic E-state index is 12.7. The van der Waals surface area contributed by atoms with Crippen LogP contribution in [0.5, 0.6) is 0 Å². The highest BCUT2D eigenvalue weighted by Gasteiger charge is 2.60. The monoisotopic (exact) mass is 1330 g/mol. The van der Waals surface area contributed by atoms with Crippen molar-refractivity contribution in [1.29, 1.82) is 0 Å². The first-order valence-electron chi connectivity index (χ1n) is 27.3. The lowest BCUT2D eigenvalue weighted by Gasteiger charge is -2.51. The predicted molar refractivity (Wildman–Crippen MR) is 266 cm³/mol. The molecule has 89 heavy (non-hydrogen) atoms. The molecule has 43 heteroatoms. The zero-order valence-corrected chi connectivity index (χ0v) is 47.3. The Morgan fingerprint density at radius 2 is 0.652 bits per heavy atom. The molecular formula is C46H76N2O40S. The minimum Gasteiger partial charge on any atom is -0.479 e. The molecule has 0 aromatic rings. The van der Waals surface area contributed by atoms with Crippen LogP contribution < -0.4 is 10.6 Å². The number of amides is 2. The number of aliphatic carboxylic acids is 1. The molecule has 7 saturated heterocycles. The van der Waals surface area contributed by atoms with Crippen LogP contribution in [0.2, 0.25) is 0 Å². The minimum absolute atomic E-state index is 0.911. The number of hydrogen-bond acceptors (Lipinski definition) is 38. The third kappa shape index (κ3) is 16.2. The van der Waals surface area contributed by atoms with Gasteiger partial charge in [-0.2, -0.15) is 8.42 Å². The molecule has 7 aliphatic heterocycles. The largest absolute Gasteiger partial charge is 0.479 e. The van der Waals surface area contributed by atoms with Crippen molar-refractivity contribution in [3.05, 3.63) is 0 Å². The predicted octanol–water partition coefficient (Wildman–Crippen LogP) is -16.1. The van der Waals surface area contributed by atoms with E-state index in [1.54, 1.807) is 0 Å². The average Bonchev–Trinajstić information content (AvgIpc) is 0.849. The summed E-state index contributed by atoms with van der Waals surface area (Å²) in [5.74, 6) is -3.87. The molecule has 516 valence electrons. The van der Waals surface area contributed by atoms with Crippen LogP contribution in [0, 0.1) is 0 Å². The quantitative estimate of drug-likeness (QED) is 0.0422. The highest BCUT2D eigenvalue weighted by molar-refractivity contribution is 7.80. The van der Waals surface area contributed by atoms with Crippen LogP contribution in [0.4, 0.5) is 0 Å². The van der Waals surface area contributed by atoms with Crippen molar-refractivity contribution < 1.29 is 195 Å². The van der Waals surface area contributed by atoms with Crippen molar-refractivity contribution in [1.82, 2.24) is 10.6 Å². The molecular weight excluding hydrogens is 1250 g/mol. The number of nitrogens with one attached hydrogen (secondary N) is 2. The number of rotatable bonds is 23. The molecule has 0 bridgehead atoms. The lowest BCUT2D eigenvalue weighted by molar-refractivity contribution is -0.389. The summed E-state index contributed by atoms with van der Waals surface area (Å²) in [6.45, 7) is -4.64. The Labute approximate surface area is 501 Å². The van der Waals surface area contributed by atoms with Crippen LogP contribution >= 0.6 is 0 Å². The SMILES string of the molecule is CC(=O)N[C@H]1[C@H](O[C@H]2[C@@H](O)[C@@H](CO)O[C@@H](O[C@H]3[C@H](O)[C@@H](O)[C@H](O)O[C@@H]3CO)[C@@H]2O)O[C@H](CO)[C@@H](O[C@@H]2O[C@H](CO)[C@H](O)[C@H](O[C@@H]3O[C@H](CO)[C@@H](O[C@@H]4O[C@H](CO)[C@H](O)[C@H](O[C@@H]5O[C@H](C(=O)O)[C@@H](O)[C@H](OS(=O)(=O)O)[C@H]5O)[C@H]4O)[C@H](O)[C@H]3NC(C)=O)[C@H]2O)[C@@H]1O. The van der Waals surface area contributed by atoms with Gasteiger partial charge in [-0.1, -0.05) is 0 Å². The second kappa shape index (κ2) is 31.0. The number of carbonyl (C=O) groups is 3. The van der Waals surface area contributed by atoms with Gasteiger partial charge in [0.15, 0.2) is 50.1 Å². The molecule has 0 spiro atoms. The molecule has 2 amide bonds. The van der Waals surface area contributed by atoms with Crippen LogP contribution in [-0.2, 0) is 90.5 Å². The lowest BCUT2D eigenvalue weighted by atomic mass is 9.93. The Morgan fingerprint density at radius 1 is 0.360 bits per heavy atom. The van der Waals surface area contributed by atoms with E-state index in [1.165, 1.54) is 0 Å². The maximum Gasteiger partial charge on any atom is 0.397 e. The molecule has 7 aliphatic rings. The van der Waals surface area contributed by atoms with E-state index in [0.29, 0.717) is 0 Å². The van der Waals surface area contributed by atoms with E-state index in [0.717, 1.165) is 13.8 Å². The summed E-state index contributed by atoms with van der Waals surface area (Å²) in [6, 6.07) is -3.81. The normalized spacial score (nSPS) is 48.3. The van der Waals surface area contributed by atoms with Crippen molar-refractivity contribution in [2.45, 2.75) is 229 Å². The van der Waals surface area contributed by atoms with Crippen LogP contribution in [0.15, 0.2) is 0 Å². The fraction of sp³-hybridized carbons (Fsp3) is 0.935. The molecule has 0 aliphatic carbocycles.